The zero-order chi connectivity index (χ0) is 17.6. The lowest BCUT2D eigenvalue weighted by Gasteiger charge is -2.03. The third kappa shape index (κ3) is 4.29. The third-order valence-corrected chi connectivity index (χ3v) is 3.42. The SMILES string of the molecule is CC(=O)Nc1ccc(C2=N/C(=C\C=C\c3ccccc3)C(=O)O2)cc1. The van der Waals surface area contributed by atoms with Crippen LogP contribution in [0.15, 0.2) is 77.4 Å². The number of carbonyl (C=O) groups is 2. The molecule has 0 aliphatic carbocycles. The van der Waals surface area contributed by atoms with Crippen LogP contribution in [0.1, 0.15) is 18.1 Å². The van der Waals surface area contributed by atoms with Crippen molar-refractivity contribution in [3.8, 4) is 0 Å². The van der Waals surface area contributed by atoms with Crippen molar-refractivity contribution in [1.82, 2.24) is 0 Å². The van der Waals surface area contributed by atoms with Gasteiger partial charge >= 0.3 is 5.97 Å². The second kappa shape index (κ2) is 7.40. The van der Waals surface area contributed by atoms with E-state index in [9.17, 15) is 9.59 Å². The molecule has 0 atom stereocenters. The van der Waals surface area contributed by atoms with Gasteiger partial charge in [-0.25, -0.2) is 9.79 Å². The molecule has 1 heterocycles. The van der Waals surface area contributed by atoms with Crippen LogP contribution in [0.2, 0.25) is 0 Å². The molecule has 0 radical (unpaired) electrons. The molecule has 0 aromatic heterocycles. The largest absolute Gasteiger partial charge is 0.402 e. The average Bonchev–Trinajstić information content (AvgIpc) is 2.97. The van der Waals surface area contributed by atoms with Crippen molar-refractivity contribution in [2.45, 2.75) is 6.92 Å². The van der Waals surface area contributed by atoms with E-state index < -0.39 is 5.97 Å². The van der Waals surface area contributed by atoms with Crippen LogP contribution in [0.4, 0.5) is 5.69 Å². The molecular formula is C20H16N2O3. The van der Waals surface area contributed by atoms with Crippen molar-refractivity contribution in [1.29, 1.82) is 0 Å². The van der Waals surface area contributed by atoms with Crippen LogP contribution in [-0.4, -0.2) is 17.8 Å². The first-order valence-corrected chi connectivity index (χ1v) is 7.74. The first kappa shape index (κ1) is 16.4. The fourth-order valence-electron chi connectivity index (χ4n) is 2.26. The van der Waals surface area contributed by atoms with E-state index in [4.69, 9.17) is 4.74 Å². The zero-order valence-electron chi connectivity index (χ0n) is 13.6. The van der Waals surface area contributed by atoms with Gasteiger partial charge in [-0.3, -0.25) is 4.79 Å². The van der Waals surface area contributed by atoms with E-state index in [1.54, 1.807) is 36.4 Å². The molecule has 0 unspecified atom stereocenters. The summed E-state index contributed by atoms with van der Waals surface area (Å²) in [4.78, 5) is 27.2. The van der Waals surface area contributed by atoms with Crippen molar-refractivity contribution in [3.05, 3.63) is 83.6 Å². The van der Waals surface area contributed by atoms with Gasteiger partial charge in [0.1, 0.15) is 0 Å². The molecule has 0 saturated carbocycles. The molecular weight excluding hydrogens is 316 g/mol. The Bertz CT molecular complexity index is 879. The molecule has 0 bridgehead atoms. The first-order chi connectivity index (χ1) is 12.1. The summed E-state index contributed by atoms with van der Waals surface area (Å²) < 4.78 is 5.21. The van der Waals surface area contributed by atoms with Crippen LogP contribution in [0, 0.1) is 0 Å². The monoisotopic (exact) mass is 332 g/mol. The second-order valence-electron chi connectivity index (χ2n) is 5.39. The molecule has 25 heavy (non-hydrogen) atoms. The lowest BCUT2D eigenvalue weighted by atomic mass is 10.2. The van der Waals surface area contributed by atoms with Crippen LogP contribution in [0.25, 0.3) is 6.08 Å². The Kier molecular flexibility index (Phi) is 4.85. The fraction of sp³-hybridized carbons (Fsp3) is 0.0500. The lowest BCUT2D eigenvalue weighted by Crippen LogP contribution is -2.07. The Morgan fingerprint density at radius 2 is 1.80 bits per heavy atom. The van der Waals surface area contributed by atoms with Gasteiger partial charge in [0, 0.05) is 18.2 Å². The zero-order valence-corrected chi connectivity index (χ0v) is 13.6. The Morgan fingerprint density at radius 3 is 2.48 bits per heavy atom. The van der Waals surface area contributed by atoms with Gasteiger partial charge in [-0.1, -0.05) is 42.5 Å². The van der Waals surface area contributed by atoms with Crippen LogP contribution >= 0.6 is 0 Å². The van der Waals surface area contributed by atoms with Crippen molar-refractivity contribution < 1.29 is 14.3 Å². The Morgan fingerprint density at radius 1 is 1.08 bits per heavy atom. The van der Waals surface area contributed by atoms with Gasteiger partial charge in [-0.2, -0.15) is 0 Å². The summed E-state index contributed by atoms with van der Waals surface area (Å²) in [6.45, 7) is 1.44. The summed E-state index contributed by atoms with van der Waals surface area (Å²) in [5.74, 6) is -0.384. The normalized spacial score (nSPS) is 15.3. The predicted molar refractivity (Wildman–Crippen MR) is 96.9 cm³/mol. The minimum Gasteiger partial charge on any atom is -0.402 e. The molecule has 2 aromatic carbocycles. The summed E-state index contributed by atoms with van der Waals surface area (Å²) in [6, 6.07) is 16.7. The standard InChI is InChI=1S/C20H16N2O3/c1-14(23)21-17-12-10-16(11-13-17)19-22-18(20(24)25-19)9-5-8-15-6-3-2-4-7-15/h2-13H,1H3,(H,21,23)/b8-5+,18-9-. The maximum atomic E-state index is 11.9. The number of rotatable bonds is 4. The van der Waals surface area contributed by atoms with E-state index in [2.05, 4.69) is 10.3 Å². The number of ether oxygens (including phenoxy) is 1. The smallest absolute Gasteiger partial charge is 0.363 e. The maximum absolute atomic E-state index is 11.9. The van der Waals surface area contributed by atoms with Crippen molar-refractivity contribution in [2.75, 3.05) is 5.32 Å². The third-order valence-electron chi connectivity index (χ3n) is 3.42. The van der Waals surface area contributed by atoms with Crippen LogP contribution in [-0.2, 0) is 14.3 Å². The summed E-state index contributed by atoms with van der Waals surface area (Å²) in [7, 11) is 0. The lowest BCUT2D eigenvalue weighted by molar-refractivity contribution is -0.130. The van der Waals surface area contributed by atoms with Gasteiger partial charge in [0.05, 0.1) is 0 Å². The number of anilines is 1. The highest BCUT2D eigenvalue weighted by atomic mass is 16.6. The molecule has 2 aromatic rings. The van der Waals surface area contributed by atoms with Gasteiger partial charge in [-0.05, 0) is 35.9 Å². The number of amides is 1. The topological polar surface area (TPSA) is 67.8 Å². The number of esters is 1. The second-order valence-corrected chi connectivity index (χ2v) is 5.39. The number of cyclic esters (lactones) is 1. The molecule has 0 saturated heterocycles. The van der Waals surface area contributed by atoms with Crippen LogP contribution in [0.3, 0.4) is 0 Å². The van der Waals surface area contributed by atoms with E-state index in [-0.39, 0.29) is 17.5 Å². The van der Waals surface area contributed by atoms with E-state index in [0.717, 1.165) is 5.56 Å². The van der Waals surface area contributed by atoms with Gasteiger partial charge in [0.25, 0.3) is 0 Å². The number of hydrogen-bond acceptors (Lipinski definition) is 4. The van der Waals surface area contributed by atoms with Gasteiger partial charge < -0.3 is 10.1 Å². The van der Waals surface area contributed by atoms with Gasteiger partial charge in [0.2, 0.25) is 11.8 Å². The minimum atomic E-state index is -0.487. The molecule has 0 fully saturated rings. The Labute approximate surface area is 145 Å². The molecule has 1 aliphatic heterocycles. The highest BCUT2D eigenvalue weighted by Crippen LogP contribution is 2.18. The summed E-state index contributed by atoms with van der Waals surface area (Å²) in [5, 5.41) is 2.68. The number of benzene rings is 2. The van der Waals surface area contributed by atoms with Gasteiger partial charge in [-0.15, -0.1) is 0 Å². The molecule has 5 heteroatoms. The van der Waals surface area contributed by atoms with E-state index in [1.165, 1.54) is 6.92 Å². The summed E-state index contributed by atoms with van der Waals surface area (Å²) >= 11 is 0. The quantitative estimate of drug-likeness (QED) is 0.688. The number of nitrogens with one attached hydrogen (secondary N) is 1. The van der Waals surface area contributed by atoms with E-state index in [0.29, 0.717) is 11.3 Å². The van der Waals surface area contributed by atoms with Crippen molar-refractivity contribution in [3.63, 3.8) is 0 Å². The highest BCUT2D eigenvalue weighted by molar-refractivity contribution is 6.11. The molecule has 5 nitrogen and oxygen atoms in total. The number of nitrogens with zero attached hydrogens (tertiary/aromatic N) is 1. The van der Waals surface area contributed by atoms with Gasteiger partial charge in [0.15, 0.2) is 5.70 Å². The Hall–Kier alpha value is -3.47. The molecule has 3 rings (SSSR count). The van der Waals surface area contributed by atoms with Crippen molar-refractivity contribution in [2.24, 2.45) is 4.99 Å². The molecule has 1 aliphatic rings. The molecule has 1 N–H and O–H groups in total. The fourth-order valence-corrected chi connectivity index (χ4v) is 2.26. The number of aliphatic imine (C=N–C) groups is 1. The van der Waals surface area contributed by atoms with E-state index in [1.807, 2.05) is 36.4 Å². The minimum absolute atomic E-state index is 0.146. The van der Waals surface area contributed by atoms with Crippen molar-refractivity contribution >= 4 is 29.5 Å². The predicted octanol–water partition coefficient (Wildman–Crippen LogP) is 3.55. The van der Waals surface area contributed by atoms with E-state index >= 15 is 0 Å². The average molecular weight is 332 g/mol. The number of hydrogen-bond donors (Lipinski definition) is 1. The summed E-state index contributed by atoms with van der Waals surface area (Å²) in [6.07, 6.45) is 5.27. The molecule has 124 valence electrons. The molecule has 1 amide bonds. The van der Waals surface area contributed by atoms with Crippen LogP contribution < -0.4 is 5.32 Å². The number of carbonyl (C=O) groups excluding carboxylic acids is 2. The maximum Gasteiger partial charge on any atom is 0.363 e. The molecule has 0 spiro atoms. The highest BCUT2D eigenvalue weighted by Gasteiger charge is 2.23. The first-order valence-electron chi connectivity index (χ1n) is 7.74. The Balaban J connectivity index is 1.74. The summed E-state index contributed by atoms with van der Waals surface area (Å²) in [5.41, 5.74) is 2.61. The number of allylic oxidation sites excluding steroid dienone is 2. The van der Waals surface area contributed by atoms with Crippen LogP contribution in [0.5, 0.6) is 0 Å².